The van der Waals surface area contributed by atoms with Gasteiger partial charge in [0.1, 0.15) is 17.8 Å². The number of hydrogen-bond donors (Lipinski definition) is 2. The molecule has 2 aliphatic rings. The highest BCUT2D eigenvalue weighted by atomic mass is 32.2. The minimum absolute atomic E-state index is 0.00695. The molecule has 5 rings (SSSR count). The number of nitrogens with zero attached hydrogens (tertiary/aromatic N) is 3. The summed E-state index contributed by atoms with van der Waals surface area (Å²) in [6.45, 7) is 2.85. The number of hydrogen-bond acceptors (Lipinski definition) is 5. The molecule has 0 saturated heterocycles. The number of aromatic amines is 1. The van der Waals surface area contributed by atoms with E-state index < -0.39 is 0 Å². The third-order valence-electron chi connectivity index (χ3n) is 5.44. The van der Waals surface area contributed by atoms with Crippen LogP contribution < -0.4 is 10.2 Å². The van der Waals surface area contributed by atoms with Crippen molar-refractivity contribution < 1.29 is 4.79 Å². The number of benzene rings is 1. The zero-order valence-electron chi connectivity index (χ0n) is 15.6. The maximum Gasteiger partial charge on any atom is 0.259 e. The standard InChI is InChI=1S/C21H21N5OS/c1-13-10-22-19-18(13)20(24-12-23-19)26-8-9-28-17(11-26)21(27)25-16-7-6-14-4-2-3-5-15(14)16/h2-5,10-12,16H,6-9H2,1H3,(H,25,27)(H,22,23,24). The van der Waals surface area contributed by atoms with Gasteiger partial charge in [-0.15, -0.1) is 11.8 Å². The van der Waals surface area contributed by atoms with Crippen LogP contribution in [0.15, 0.2) is 47.9 Å². The van der Waals surface area contributed by atoms with Crippen LogP contribution in [0.1, 0.15) is 29.2 Å². The molecule has 0 fully saturated rings. The molecule has 1 atom stereocenters. The Morgan fingerprint density at radius 3 is 3.14 bits per heavy atom. The Morgan fingerprint density at radius 2 is 2.21 bits per heavy atom. The largest absolute Gasteiger partial charge is 0.346 e. The molecule has 1 aliphatic heterocycles. The van der Waals surface area contributed by atoms with Crippen LogP contribution in [0.4, 0.5) is 5.82 Å². The molecule has 6 nitrogen and oxygen atoms in total. The molecule has 1 amide bonds. The van der Waals surface area contributed by atoms with E-state index in [9.17, 15) is 4.79 Å². The lowest BCUT2D eigenvalue weighted by atomic mass is 10.1. The summed E-state index contributed by atoms with van der Waals surface area (Å²) in [5.74, 6) is 1.68. The number of aromatic nitrogens is 3. The summed E-state index contributed by atoms with van der Waals surface area (Å²) in [6.07, 6.45) is 7.42. The van der Waals surface area contributed by atoms with Crippen molar-refractivity contribution >= 4 is 34.5 Å². The molecule has 0 saturated carbocycles. The Labute approximate surface area is 167 Å². The van der Waals surface area contributed by atoms with Crippen LogP contribution >= 0.6 is 11.8 Å². The number of H-pyrrole nitrogens is 1. The van der Waals surface area contributed by atoms with Gasteiger partial charge in [0.25, 0.3) is 5.91 Å². The number of amides is 1. The fourth-order valence-electron chi connectivity index (χ4n) is 4.04. The Bertz CT molecular complexity index is 1090. The lowest BCUT2D eigenvalue weighted by Gasteiger charge is -2.26. The van der Waals surface area contributed by atoms with Crippen LogP contribution in [0.2, 0.25) is 0 Å². The Kier molecular flexibility index (Phi) is 4.31. The van der Waals surface area contributed by atoms with Gasteiger partial charge in [-0.05, 0) is 36.5 Å². The zero-order chi connectivity index (χ0) is 19.1. The Morgan fingerprint density at radius 1 is 1.32 bits per heavy atom. The van der Waals surface area contributed by atoms with Crippen LogP contribution in [0, 0.1) is 6.92 Å². The first-order chi connectivity index (χ1) is 13.7. The van der Waals surface area contributed by atoms with Gasteiger partial charge < -0.3 is 15.2 Å². The van der Waals surface area contributed by atoms with E-state index >= 15 is 0 Å². The number of aryl methyl sites for hydroxylation is 2. The lowest BCUT2D eigenvalue weighted by Crippen LogP contribution is -2.32. The van der Waals surface area contributed by atoms with Crippen LogP contribution in [-0.4, -0.2) is 33.2 Å². The van der Waals surface area contributed by atoms with Gasteiger partial charge in [-0.2, -0.15) is 0 Å². The molecule has 7 heteroatoms. The van der Waals surface area contributed by atoms with E-state index in [-0.39, 0.29) is 11.9 Å². The van der Waals surface area contributed by atoms with Crippen molar-refractivity contribution in [3.05, 3.63) is 64.6 Å². The third kappa shape index (κ3) is 2.96. The summed E-state index contributed by atoms with van der Waals surface area (Å²) >= 11 is 1.60. The number of nitrogens with one attached hydrogen (secondary N) is 2. The van der Waals surface area contributed by atoms with E-state index in [0.29, 0.717) is 0 Å². The van der Waals surface area contributed by atoms with Gasteiger partial charge in [-0.3, -0.25) is 4.79 Å². The summed E-state index contributed by atoms with van der Waals surface area (Å²) in [7, 11) is 0. The number of anilines is 1. The highest BCUT2D eigenvalue weighted by Gasteiger charge is 2.26. The summed E-state index contributed by atoms with van der Waals surface area (Å²) in [5.41, 5.74) is 4.51. The van der Waals surface area contributed by atoms with E-state index in [0.717, 1.165) is 52.5 Å². The Balaban J connectivity index is 1.40. The summed E-state index contributed by atoms with van der Waals surface area (Å²) in [4.78, 5) is 27.7. The van der Waals surface area contributed by atoms with Crippen molar-refractivity contribution in [2.75, 3.05) is 17.2 Å². The van der Waals surface area contributed by atoms with Crippen LogP contribution in [0.5, 0.6) is 0 Å². The second kappa shape index (κ2) is 6.98. The van der Waals surface area contributed by atoms with Crippen LogP contribution in [-0.2, 0) is 11.2 Å². The third-order valence-corrected chi connectivity index (χ3v) is 6.43. The predicted molar refractivity (Wildman–Crippen MR) is 112 cm³/mol. The second-order valence-corrected chi connectivity index (χ2v) is 8.33. The average molecular weight is 392 g/mol. The zero-order valence-corrected chi connectivity index (χ0v) is 16.4. The molecular weight excluding hydrogens is 370 g/mol. The highest BCUT2D eigenvalue weighted by molar-refractivity contribution is 8.04. The highest BCUT2D eigenvalue weighted by Crippen LogP contribution is 2.33. The van der Waals surface area contributed by atoms with E-state index in [1.54, 1.807) is 18.1 Å². The molecular formula is C21H21N5OS. The van der Waals surface area contributed by atoms with Crippen LogP contribution in [0.25, 0.3) is 11.0 Å². The number of carbonyl (C=O) groups excluding carboxylic acids is 1. The summed E-state index contributed by atoms with van der Waals surface area (Å²) in [5, 5.41) is 4.24. The smallest absolute Gasteiger partial charge is 0.259 e. The van der Waals surface area contributed by atoms with E-state index in [1.165, 1.54) is 11.1 Å². The first-order valence-corrected chi connectivity index (χ1v) is 10.5. The second-order valence-electron chi connectivity index (χ2n) is 7.19. The molecule has 3 heterocycles. The topological polar surface area (TPSA) is 73.9 Å². The molecule has 1 aromatic carbocycles. The molecule has 28 heavy (non-hydrogen) atoms. The monoisotopic (exact) mass is 391 g/mol. The molecule has 0 radical (unpaired) electrons. The molecule has 1 unspecified atom stereocenters. The van der Waals surface area contributed by atoms with Crippen molar-refractivity contribution in [2.24, 2.45) is 0 Å². The number of rotatable bonds is 3. The van der Waals surface area contributed by atoms with Gasteiger partial charge in [-0.25, -0.2) is 9.97 Å². The van der Waals surface area contributed by atoms with Crippen molar-refractivity contribution in [3.63, 3.8) is 0 Å². The molecule has 1 aliphatic carbocycles. The SMILES string of the molecule is Cc1c[nH]c2ncnc(N3C=C(C(=O)NC4CCc5ccccc54)SCC3)c12. The summed E-state index contributed by atoms with van der Waals surface area (Å²) < 4.78 is 0. The van der Waals surface area contributed by atoms with Gasteiger partial charge in [-0.1, -0.05) is 24.3 Å². The molecule has 2 N–H and O–H groups in total. The fraction of sp³-hybridized carbons (Fsp3) is 0.286. The van der Waals surface area contributed by atoms with E-state index in [2.05, 4.69) is 43.4 Å². The van der Waals surface area contributed by atoms with E-state index in [1.807, 2.05) is 25.4 Å². The normalized spacial score (nSPS) is 18.8. The Hall–Kier alpha value is -2.80. The minimum Gasteiger partial charge on any atom is -0.346 e. The first kappa shape index (κ1) is 17.3. The van der Waals surface area contributed by atoms with Crippen molar-refractivity contribution in [1.29, 1.82) is 0 Å². The number of fused-ring (bicyclic) bond motifs is 2. The average Bonchev–Trinajstić information content (AvgIpc) is 3.32. The lowest BCUT2D eigenvalue weighted by molar-refractivity contribution is -0.117. The van der Waals surface area contributed by atoms with E-state index in [4.69, 9.17) is 0 Å². The van der Waals surface area contributed by atoms with Crippen molar-refractivity contribution in [2.45, 2.75) is 25.8 Å². The number of carbonyl (C=O) groups is 1. The minimum atomic E-state index is -0.00695. The molecule has 0 spiro atoms. The first-order valence-electron chi connectivity index (χ1n) is 9.49. The quantitative estimate of drug-likeness (QED) is 0.715. The molecule has 142 valence electrons. The maximum atomic E-state index is 13.0. The number of thioether (sulfide) groups is 1. The molecule has 2 aromatic heterocycles. The van der Waals surface area contributed by atoms with Crippen molar-refractivity contribution in [3.8, 4) is 0 Å². The van der Waals surface area contributed by atoms with Gasteiger partial charge >= 0.3 is 0 Å². The van der Waals surface area contributed by atoms with Gasteiger partial charge in [0.2, 0.25) is 0 Å². The predicted octanol–water partition coefficient (Wildman–Crippen LogP) is 3.46. The molecule has 0 bridgehead atoms. The van der Waals surface area contributed by atoms with Crippen molar-refractivity contribution in [1.82, 2.24) is 20.3 Å². The fourth-order valence-corrected chi connectivity index (χ4v) is 4.94. The van der Waals surface area contributed by atoms with Gasteiger partial charge in [0, 0.05) is 24.7 Å². The molecule has 3 aromatic rings. The van der Waals surface area contributed by atoms with Gasteiger partial charge in [0.15, 0.2) is 0 Å². The van der Waals surface area contributed by atoms with Gasteiger partial charge in [0.05, 0.1) is 16.3 Å². The van der Waals surface area contributed by atoms with Crippen LogP contribution in [0.3, 0.4) is 0 Å². The summed E-state index contributed by atoms with van der Waals surface area (Å²) in [6, 6.07) is 8.47. The maximum absolute atomic E-state index is 13.0.